The van der Waals surface area contributed by atoms with Crippen molar-refractivity contribution in [1.29, 1.82) is 0 Å². The Kier molecular flexibility index (Phi) is 19.0. The number of hydrogen-bond donors (Lipinski definition) is 0. The van der Waals surface area contributed by atoms with Crippen molar-refractivity contribution in [2.45, 2.75) is 132 Å². The summed E-state index contributed by atoms with van der Waals surface area (Å²) in [5.41, 5.74) is 24.3. The van der Waals surface area contributed by atoms with Crippen LogP contribution >= 0.6 is 0 Å². The Bertz CT molecular complexity index is 3390. The lowest BCUT2D eigenvalue weighted by Crippen LogP contribution is -2.62. The lowest BCUT2D eigenvalue weighted by molar-refractivity contribution is -0.320. The zero-order valence-corrected chi connectivity index (χ0v) is 45.7. The molecular weight excluding hydrogens is 1060 g/mol. The third-order valence-electron chi connectivity index (χ3n) is 15.5. The maximum absolute atomic E-state index is 14.5. The van der Waals surface area contributed by atoms with Crippen LogP contribution < -0.4 is 11.4 Å². The predicted octanol–water partition coefficient (Wildman–Crippen LogP) is 9.20. The van der Waals surface area contributed by atoms with Gasteiger partial charge in [0.25, 0.3) is 0 Å². The Balaban J connectivity index is 1.00. The molecule has 6 aromatic carbocycles. The summed E-state index contributed by atoms with van der Waals surface area (Å²) in [6.07, 6.45) is -11.6. The van der Waals surface area contributed by atoms with E-state index in [1.54, 1.807) is 0 Å². The van der Waals surface area contributed by atoms with E-state index < -0.39 is 97.0 Å². The monoisotopic (exact) mass is 1130 g/mol. The Morgan fingerprint density at radius 3 is 1.30 bits per heavy atom. The van der Waals surface area contributed by atoms with Gasteiger partial charge in [0.2, 0.25) is 0 Å². The van der Waals surface area contributed by atoms with Gasteiger partial charge in [-0.2, -0.15) is 0 Å². The second-order valence-corrected chi connectivity index (χ2v) is 20.9. The maximum Gasteiger partial charge on any atom is 0.347 e. The van der Waals surface area contributed by atoms with E-state index in [2.05, 4.69) is 20.1 Å². The molecule has 0 aliphatic carbocycles. The minimum absolute atomic E-state index is 0.0583. The largest absolute Gasteiger partial charge is 0.374 e. The molecule has 2 bridgehead atoms. The van der Waals surface area contributed by atoms with E-state index in [-0.39, 0.29) is 59.2 Å². The van der Waals surface area contributed by atoms with E-state index in [0.717, 1.165) is 37.9 Å². The zero-order valence-electron chi connectivity index (χ0n) is 45.7. The van der Waals surface area contributed by atoms with Crippen LogP contribution in [0.2, 0.25) is 0 Å². The van der Waals surface area contributed by atoms with Crippen molar-refractivity contribution in [2.75, 3.05) is 13.2 Å². The summed E-state index contributed by atoms with van der Waals surface area (Å²) in [4.78, 5) is 35.3. The molecule has 0 saturated carbocycles. The van der Waals surface area contributed by atoms with Crippen molar-refractivity contribution in [2.24, 2.45) is 17.3 Å². The van der Waals surface area contributed by atoms with Gasteiger partial charge < -0.3 is 47.4 Å². The van der Waals surface area contributed by atoms with E-state index in [4.69, 9.17) is 47.4 Å². The summed E-state index contributed by atoms with van der Waals surface area (Å²) < 4.78 is 73.2. The molecule has 0 radical (unpaired) electrons. The fourth-order valence-electron chi connectivity index (χ4n) is 11.5. The first-order valence-electron chi connectivity index (χ1n) is 27.8. The van der Waals surface area contributed by atoms with Crippen LogP contribution in [0.4, 0.5) is 0 Å². The highest BCUT2D eigenvalue weighted by Crippen LogP contribution is 2.47. The summed E-state index contributed by atoms with van der Waals surface area (Å²) >= 11 is 0. The molecule has 83 heavy (non-hydrogen) atoms. The number of ether oxygens (including phenoxy) is 10. The van der Waals surface area contributed by atoms with Gasteiger partial charge in [-0.3, -0.25) is 0 Å². The van der Waals surface area contributed by atoms with E-state index in [1.807, 2.05) is 182 Å². The second-order valence-electron chi connectivity index (χ2n) is 20.9. The fourth-order valence-corrected chi connectivity index (χ4v) is 11.5. The van der Waals surface area contributed by atoms with Gasteiger partial charge in [0, 0.05) is 16.9 Å². The fraction of sp³-hybridized carbons (Fsp3) is 0.387. The van der Waals surface area contributed by atoms with Crippen LogP contribution in [0.25, 0.3) is 20.9 Å². The van der Waals surface area contributed by atoms with Gasteiger partial charge in [-0.05, 0) is 50.9 Å². The molecule has 5 heterocycles. The molecule has 21 nitrogen and oxygen atoms in total. The van der Waals surface area contributed by atoms with Crippen molar-refractivity contribution in [3.8, 4) is 0 Å². The predicted molar refractivity (Wildman–Crippen MR) is 302 cm³/mol. The number of nitrogens with zero attached hydrogens (tertiary/aromatic N) is 9. The smallest absolute Gasteiger partial charge is 0.347 e. The van der Waals surface area contributed by atoms with E-state index in [0.29, 0.717) is 0 Å². The quantitative estimate of drug-likeness (QED) is 0.0280. The molecule has 11 rings (SSSR count). The molecule has 14 atom stereocenters. The summed E-state index contributed by atoms with van der Waals surface area (Å²) in [5.74, 6) is 0. The lowest BCUT2D eigenvalue weighted by atomic mass is 9.84. The molecule has 4 aliphatic rings. The highest BCUT2D eigenvalue weighted by molar-refractivity contribution is 5.19. The van der Waals surface area contributed by atoms with Crippen LogP contribution in [0.5, 0.6) is 0 Å². The molecule has 2 fully saturated rings. The van der Waals surface area contributed by atoms with Crippen molar-refractivity contribution >= 4 is 0 Å². The minimum atomic E-state index is -1.49. The molecule has 4 aliphatic heterocycles. The molecule has 0 spiro atoms. The molecule has 0 N–H and O–H groups in total. The van der Waals surface area contributed by atoms with Crippen molar-refractivity contribution in [1.82, 2.24) is 13.9 Å². The van der Waals surface area contributed by atoms with Gasteiger partial charge in [-0.25, -0.2) is 23.5 Å². The standard InChI is InChI=1S/C62H65N9O12/c1-69-61(72)70-47-32-48(71(70)62(69)73)53(82-59-51(66-68-64)56(78-38-45-28-16-6-17-29-45)54(49(80-59)33-65-67-63)76-36-43-24-12-4-13-25-43)57(52(47)75-35-42-22-10-3-11-23-42)83-60-58(79-39-46-30-18-7-19-31-46)55(77-37-44-26-14-5-15-27-44)50(81-60)40-74-34-41-20-8-2-9-21-41/h2-31,47-60H,32-40H2,1H3/t47?,48?,49-,50-,51-,52?,53?,54-,55-,56-,57-,58-,59-,60+/m1/s1. The third-order valence-corrected chi connectivity index (χ3v) is 15.5. The van der Waals surface area contributed by atoms with Crippen LogP contribution in [0.1, 0.15) is 51.9 Å². The Labute approximate surface area is 478 Å². The first-order chi connectivity index (χ1) is 40.8. The normalized spacial score (nSPS) is 27.1. The van der Waals surface area contributed by atoms with Crippen LogP contribution in [-0.4, -0.2) is 101 Å². The first-order valence-corrected chi connectivity index (χ1v) is 27.8. The average Bonchev–Trinajstić information content (AvgIpc) is 1.87. The van der Waals surface area contributed by atoms with Crippen molar-refractivity contribution in [3.05, 3.63) is 257 Å². The number of aromatic nitrogens is 3. The SMILES string of the molecule is Cn1c(=O)n2n(c1=O)C1CC2C(OCc2ccccc2)[C@@H](O[C@@H]2O[C@H](COCc3ccccc3)[C@@H](OCc3ccccc3)[C@H]2OCc2ccccc2)C1O[C@H]1O[C@H](CN=[N+]=[N-])[C@@H](OCc2ccccc2)[C@H](OCc2ccccc2)[C@H]1N=[N+]=[N-]. The third kappa shape index (κ3) is 13.4. The van der Waals surface area contributed by atoms with E-state index >= 15 is 0 Å². The zero-order chi connectivity index (χ0) is 56.9. The molecule has 7 aromatic rings. The molecule has 430 valence electrons. The molecule has 21 heteroatoms. The summed E-state index contributed by atoms with van der Waals surface area (Å²) in [6, 6.07) is 54.8. The Morgan fingerprint density at radius 1 is 0.458 bits per heavy atom. The first kappa shape index (κ1) is 57.1. The molecule has 4 unspecified atom stereocenters. The lowest BCUT2D eigenvalue weighted by Gasteiger charge is -2.48. The second kappa shape index (κ2) is 27.6. The van der Waals surface area contributed by atoms with Gasteiger partial charge >= 0.3 is 11.4 Å². The van der Waals surface area contributed by atoms with Gasteiger partial charge in [0.1, 0.15) is 54.9 Å². The van der Waals surface area contributed by atoms with Gasteiger partial charge in [-0.1, -0.05) is 192 Å². The number of benzene rings is 6. The molecule has 1 aromatic heterocycles. The van der Waals surface area contributed by atoms with Crippen LogP contribution in [0.3, 0.4) is 0 Å². The molecular formula is C62H65N9O12. The summed E-state index contributed by atoms with van der Waals surface area (Å²) in [6.45, 7) is 0.691. The van der Waals surface area contributed by atoms with Crippen LogP contribution in [0, 0.1) is 0 Å². The van der Waals surface area contributed by atoms with E-state index in [1.165, 1.54) is 16.4 Å². The van der Waals surface area contributed by atoms with Gasteiger partial charge in [-0.15, -0.1) is 0 Å². The average molecular weight is 1130 g/mol. The van der Waals surface area contributed by atoms with Crippen LogP contribution in [0.15, 0.2) is 202 Å². The minimum Gasteiger partial charge on any atom is -0.374 e. The van der Waals surface area contributed by atoms with Crippen molar-refractivity contribution in [3.63, 3.8) is 0 Å². The summed E-state index contributed by atoms with van der Waals surface area (Å²) in [5, 5.41) is 8.29. The highest BCUT2D eigenvalue weighted by Gasteiger charge is 2.60. The number of hydrogen-bond acceptors (Lipinski definition) is 14. The molecule has 0 amide bonds. The topological polar surface area (TPSA) is 239 Å². The number of azide groups is 2. The van der Waals surface area contributed by atoms with Gasteiger partial charge in [0.05, 0.1) is 71.0 Å². The van der Waals surface area contributed by atoms with E-state index in [9.17, 15) is 20.7 Å². The van der Waals surface area contributed by atoms with Crippen LogP contribution in [-0.2, 0) is 94.1 Å². The molecule has 2 saturated heterocycles. The maximum atomic E-state index is 14.5. The Morgan fingerprint density at radius 2 is 0.843 bits per heavy atom. The summed E-state index contributed by atoms with van der Waals surface area (Å²) in [7, 11) is 1.42. The highest BCUT2D eigenvalue weighted by atomic mass is 16.8. The van der Waals surface area contributed by atoms with Gasteiger partial charge in [0.15, 0.2) is 12.6 Å². The number of rotatable bonds is 26. The van der Waals surface area contributed by atoms with Crippen molar-refractivity contribution < 1.29 is 47.4 Å². The Hall–Kier alpha value is -7.72.